The summed E-state index contributed by atoms with van der Waals surface area (Å²) >= 11 is 0. The van der Waals surface area contributed by atoms with Gasteiger partial charge in [-0.15, -0.1) is 0 Å². The molecule has 24 heavy (non-hydrogen) atoms. The number of aromatic amines is 1. The molecule has 1 aliphatic carbocycles. The highest BCUT2D eigenvalue weighted by Gasteiger charge is 2.28. The fraction of sp³-hybridized carbons (Fsp3) is 0.368. The number of amides is 2. The molecule has 5 nitrogen and oxygen atoms in total. The van der Waals surface area contributed by atoms with E-state index in [0.717, 1.165) is 24.1 Å². The summed E-state index contributed by atoms with van der Waals surface area (Å²) in [5.74, 6) is 0. The number of aryl methyl sites for hydroxylation is 3. The molecule has 5 heteroatoms. The Morgan fingerprint density at radius 3 is 2.83 bits per heavy atom. The van der Waals surface area contributed by atoms with E-state index in [2.05, 4.69) is 22.4 Å². The fourth-order valence-electron chi connectivity index (χ4n) is 3.47. The highest BCUT2D eigenvalue weighted by Crippen LogP contribution is 2.34. The molecule has 0 saturated heterocycles. The lowest BCUT2D eigenvalue weighted by atomic mass is 10.1. The summed E-state index contributed by atoms with van der Waals surface area (Å²) in [6, 6.07) is 10.1. The van der Waals surface area contributed by atoms with Gasteiger partial charge in [0.25, 0.3) is 5.56 Å². The largest absolute Gasteiger partial charge is 0.334 e. The van der Waals surface area contributed by atoms with Crippen molar-refractivity contribution in [2.75, 3.05) is 7.05 Å². The molecule has 126 valence electrons. The smallest absolute Gasteiger partial charge is 0.317 e. The van der Waals surface area contributed by atoms with Crippen molar-refractivity contribution in [2.24, 2.45) is 0 Å². The van der Waals surface area contributed by atoms with Crippen LogP contribution in [0, 0.1) is 13.8 Å². The first-order chi connectivity index (χ1) is 11.5. The predicted octanol–water partition coefficient (Wildman–Crippen LogP) is 2.82. The number of rotatable bonds is 3. The SMILES string of the molecule is Cc1cc(C)c(CNC(=O)N(C)[C@H]2CCc3ccccc32)c(=O)[nH]1. The van der Waals surface area contributed by atoms with Crippen LogP contribution in [-0.4, -0.2) is 23.0 Å². The summed E-state index contributed by atoms with van der Waals surface area (Å²) in [6.07, 6.45) is 1.93. The molecule has 0 radical (unpaired) electrons. The Balaban J connectivity index is 1.69. The minimum atomic E-state index is -0.156. The van der Waals surface area contributed by atoms with Crippen molar-refractivity contribution in [2.45, 2.75) is 39.3 Å². The van der Waals surface area contributed by atoms with E-state index in [1.165, 1.54) is 11.1 Å². The molecule has 1 aromatic carbocycles. The molecule has 0 unspecified atom stereocenters. The highest BCUT2D eigenvalue weighted by atomic mass is 16.2. The predicted molar refractivity (Wildman–Crippen MR) is 94.0 cm³/mol. The third-order valence-electron chi connectivity index (χ3n) is 4.80. The highest BCUT2D eigenvalue weighted by molar-refractivity contribution is 5.74. The lowest BCUT2D eigenvalue weighted by Crippen LogP contribution is -2.39. The maximum absolute atomic E-state index is 12.5. The first-order valence-electron chi connectivity index (χ1n) is 8.25. The summed E-state index contributed by atoms with van der Waals surface area (Å²) in [5.41, 5.74) is 4.72. The molecular formula is C19H23N3O2. The lowest BCUT2D eigenvalue weighted by Gasteiger charge is -2.25. The molecule has 1 heterocycles. The van der Waals surface area contributed by atoms with Crippen molar-refractivity contribution < 1.29 is 4.79 Å². The maximum Gasteiger partial charge on any atom is 0.317 e. The molecule has 0 bridgehead atoms. The summed E-state index contributed by atoms with van der Waals surface area (Å²) in [4.78, 5) is 29.1. The maximum atomic E-state index is 12.5. The van der Waals surface area contributed by atoms with Gasteiger partial charge in [0.05, 0.1) is 12.6 Å². The standard InChI is InChI=1S/C19H23N3O2/c1-12-10-13(2)21-18(23)16(12)11-20-19(24)22(3)17-9-8-14-6-4-5-7-15(14)17/h4-7,10,17H,8-9,11H2,1-3H3,(H,20,24)(H,21,23)/t17-/m0/s1. The zero-order valence-electron chi connectivity index (χ0n) is 14.3. The molecule has 2 amide bonds. The molecule has 1 atom stereocenters. The number of hydrogen-bond donors (Lipinski definition) is 2. The van der Waals surface area contributed by atoms with Crippen LogP contribution in [-0.2, 0) is 13.0 Å². The molecule has 1 aromatic heterocycles. The Kier molecular flexibility index (Phi) is 4.42. The monoisotopic (exact) mass is 325 g/mol. The summed E-state index contributed by atoms with van der Waals surface area (Å²) < 4.78 is 0. The molecule has 0 fully saturated rings. The van der Waals surface area contributed by atoms with Crippen molar-refractivity contribution in [3.05, 3.63) is 68.6 Å². The van der Waals surface area contributed by atoms with Crippen LogP contribution in [0.4, 0.5) is 4.79 Å². The third kappa shape index (κ3) is 3.07. The number of hydrogen-bond acceptors (Lipinski definition) is 2. The molecule has 2 aromatic rings. The van der Waals surface area contributed by atoms with Gasteiger partial charge in [-0.1, -0.05) is 24.3 Å². The van der Waals surface area contributed by atoms with Gasteiger partial charge in [-0.2, -0.15) is 0 Å². The van der Waals surface area contributed by atoms with Crippen molar-refractivity contribution in [1.82, 2.24) is 15.2 Å². The van der Waals surface area contributed by atoms with Crippen molar-refractivity contribution in [1.29, 1.82) is 0 Å². The van der Waals surface area contributed by atoms with E-state index in [1.807, 2.05) is 39.1 Å². The second-order valence-electron chi connectivity index (χ2n) is 6.47. The van der Waals surface area contributed by atoms with Crippen LogP contribution in [0.5, 0.6) is 0 Å². The van der Waals surface area contributed by atoms with E-state index in [9.17, 15) is 9.59 Å². The number of H-pyrrole nitrogens is 1. The molecule has 0 saturated carbocycles. The minimum absolute atomic E-state index is 0.0959. The number of nitrogens with one attached hydrogen (secondary N) is 2. The first kappa shape index (κ1) is 16.3. The number of benzene rings is 1. The van der Waals surface area contributed by atoms with Crippen LogP contribution < -0.4 is 10.9 Å². The first-order valence-corrected chi connectivity index (χ1v) is 8.25. The second-order valence-corrected chi connectivity index (χ2v) is 6.47. The fourth-order valence-corrected chi connectivity index (χ4v) is 3.47. The van der Waals surface area contributed by atoms with E-state index >= 15 is 0 Å². The Bertz CT molecular complexity index is 826. The van der Waals surface area contributed by atoms with Gasteiger partial charge in [-0.3, -0.25) is 4.79 Å². The normalized spacial score (nSPS) is 15.9. The summed E-state index contributed by atoms with van der Waals surface area (Å²) in [6.45, 7) is 3.97. The number of nitrogens with zero attached hydrogens (tertiary/aromatic N) is 1. The molecular weight excluding hydrogens is 302 g/mol. The van der Waals surface area contributed by atoms with Crippen LogP contribution in [0.15, 0.2) is 35.1 Å². The van der Waals surface area contributed by atoms with Gasteiger partial charge in [0.2, 0.25) is 0 Å². The van der Waals surface area contributed by atoms with Gasteiger partial charge >= 0.3 is 6.03 Å². The number of aromatic nitrogens is 1. The van der Waals surface area contributed by atoms with E-state index in [-0.39, 0.29) is 24.2 Å². The van der Waals surface area contributed by atoms with E-state index < -0.39 is 0 Å². The Morgan fingerprint density at radius 1 is 1.33 bits per heavy atom. The number of pyridine rings is 1. The van der Waals surface area contributed by atoms with Crippen molar-refractivity contribution in [3.63, 3.8) is 0 Å². The van der Waals surface area contributed by atoms with Crippen molar-refractivity contribution in [3.8, 4) is 0 Å². The molecule has 0 spiro atoms. The molecule has 3 rings (SSSR count). The number of fused-ring (bicyclic) bond motifs is 1. The molecule has 0 aliphatic heterocycles. The number of carbonyl (C=O) groups excluding carboxylic acids is 1. The average Bonchev–Trinajstić information content (AvgIpc) is 2.96. The average molecular weight is 325 g/mol. The quantitative estimate of drug-likeness (QED) is 0.911. The topological polar surface area (TPSA) is 65.2 Å². The van der Waals surface area contributed by atoms with Crippen molar-refractivity contribution >= 4 is 6.03 Å². The van der Waals surface area contributed by atoms with Crippen LogP contribution in [0.3, 0.4) is 0 Å². The Hall–Kier alpha value is -2.56. The van der Waals surface area contributed by atoms with Crippen LogP contribution in [0.2, 0.25) is 0 Å². The zero-order valence-corrected chi connectivity index (χ0v) is 14.3. The van der Waals surface area contributed by atoms with Gasteiger partial charge in [0, 0.05) is 18.3 Å². The summed E-state index contributed by atoms with van der Waals surface area (Å²) in [5, 5.41) is 2.87. The second kappa shape index (κ2) is 6.51. The third-order valence-corrected chi connectivity index (χ3v) is 4.80. The van der Waals surface area contributed by atoms with Gasteiger partial charge < -0.3 is 15.2 Å². The number of carbonyl (C=O) groups is 1. The van der Waals surface area contributed by atoms with Gasteiger partial charge in [-0.05, 0) is 49.4 Å². The van der Waals surface area contributed by atoms with Crippen LogP contribution >= 0.6 is 0 Å². The van der Waals surface area contributed by atoms with Gasteiger partial charge in [0.1, 0.15) is 0 Å². The molecule has 1 aliphatic rings. The van der Waals surface area contributed by atoms with E-state index in [4.69, 9.17) is 0 Å². The van der Waals surface area contributed by atoms with Gasteiger partial charge in [0.15, 0.2) is 0 Å². The zero-order chi connectivity index (χ0) is 17.3. The Labute approximate surface area is 141 Å². The Morgan fingerprint density at radius 2 is 2.08 bits per heavy atom. The van der Waals surface area contributed by atoms with E-state index in [0.29, 0.717) is 5.56 Å². The van der Waals surface area contributed by atoms with E-state index in [1.54, 1.807) is 4.90 Å². The summed E-state index contributed by atoms with van der Waals surface area (Å²) in [7, 11) is 1.81. The molecule has 2 N–H and O–H groups in total. The van der Waals surface area contributed by atoms with Gasteiger partial charge in [-0.25, -0.2) is 4.79 Å². The lowest BCUT2D eigenvalue weighted by molar-refractivity contribution is 0.189. The number of urea groups is 1. The minimum Gasteiger partial charge on any atom is -0.334 e. The van der Waals surface area contributed by atoms with Crippen LogP contribution in [0.25, 0.3) is 0 Å². The van der Waals surface area contributed by atoms with Crippen LogP contribution in [0.1, 0.15) is 40.4 Å².